The van der Waals surface area contributed by atoms with Crippen molar-refractivity contribution in [2.24, 2.45) is 0 Å². The van der Waals surface area contributed by atoms with E-state index >= 15 is 0 Å². The molecule has 0 atom stereocenters. The molecule has 0 amide bonds. The van der Waals surface area contributed by atoms with E-state index < -0.39 is 111 Å². The van der Waals surface area contributed by atoms with Crippen LogP contribution in [0.5, 0.6) is 12.0 Å². The summed E-state index contributed by atoms with van der Waals surface area (Å²) in [5.74, 6) is -4.49. The minimum Gasteiger partial charge on any atom is -0.468 e. The molecule has 4 aromatic rings. The van der Waals surface area contributed by atoms with Crippen molar-refractivity contribution in [3.8, 4) is 47.1 Å². The molecule has 0 aliphatic rings. The molecule has 0 aliphatic carbocycles. The number of carbonyl (C=O) groups excluding carboxylic acids is 1. The van der Waals surface area contributed by atoms with Crippen molar-refractivity contribution in [2.75, 3.05) is 27.4 Å². The second-order valence-electron chi connectivity index (χ2n) is 10.7. The standard InChI is InChI=1S/C33H16Cl2F12N4O7/c1-55-27-48-23(30(38,39)32(42,43)44)13-25(52)50(27)21-9-15(17(34)11-19(21)36)5-3-7-57-29(54)58-8-4-6-16-10-22(20(37)12-18(16)35)51-26(53)14-24(49-28(51)56-2)31(40,41)33(45,46)47/h9-14H,7-8H2,1-2H3. The summed E-state index contributed by atoms with van der Waals surface area (Å²) in [6.07, 6.45) is -13.7. The van der Waals surface area contributed by atoms with E-state index in [1.807, 2.05) is 0 Å². The molecule has 0 saturated heterocycles. The van der Waals surface area contributed by atoms with Crippen molar-refractivity contribution >= 4 is 29.4 Å². The van der Waals surface area contributed by atoms with E-state index in [1.54, 1.807) is 0 Å². The lowest BCUT2D eigenvalue weighted by atomic mass is 10.1. The molecule has 0 spiro atoms. The minimum atomic E-state index is -6.14. The van der Waals surface area contributed by atoms with Gasteiger partial charge in [0.2, 0.25) is 0 Å². The van der Waals surface area contributed by atoms with Gasteiger partial charge in [0.1, 0.15) is 23.0 Å². The molecule has 0 bridgehead atoms. The van der Waals surface area contributed by atoms with Crippen LogP contribution < -0.4 is 20.6 Å². The molecule has 0 saturated carbocycles. The van der Waals surface area contributed by atoms with Gasteiger partial charge in [-0.05, 0) is 24.3 Å². The van der Waals surface area contributed by atoms with Crippen LogP contribution in [-0.2, 0) is 21.3 Å². The van der Waals surface area contributed by atoms with Gasteiger partial charge in [-0.3, -0.25) is 9.59 Å². The van der Waals surface area contributed by atoms with Crippen molar-refractivity contribution in [2.45, 2.75) is 24.2 Å². The minimum absolute atomic E-state index is 0.178. The van der Waals surface area contributed by atoms with E-state index in [4.69, 9.17) is 32.7 Å². The van der Waals surface area contributed by atoms with Crippen LogP contribution in [-0.4, -0.2) is 65.0 Å². The van der Waals surface area contributed by atoms with E-state index in [9.17, 15) is 67.1 Å². The molecule has 2 heterocycles. The summed E-state index contributed by atoms with van der Waals surface area (Å²) >= 11 is 11.9. The van der Waals surface area contributed by atoms with Crippen LogP contribution in [0.2, 0.25) is 10.0 Å². The molecular formula is C33H16Cl2F12N4O7. The number of halogens is 14. The highest BCUT2D eigenvalue weighted by Crippen LogP contribution is 2.44. The Kier molecular flexibility index (Phi) is 12.9. The van der Waals surface area contributed by atoms with Gasteiger partial charge in [-0.25, -0.2) is 22.7 Å². The number of nitrogens with zero attached hydrogens (tertiary/aromatic N) is 4. The summed E-state index contributed by atoms with van der Waals surface area (Å²) < 4.78 is 181. The molecule has 308 valence electrons. The first-order valence-electron chi connectivity index (χ1n) is 14.9. The highest BCUT2D eigenvalue weighted by molar-refractivity contribution is 6.32. The van der Waals surface area contributed by atoms with Gasteiger partial charge in [0.15, 0.2) is 13.2 Å². The quantitative estimate of drug-likeness (QED) is 0.102. The van der Waals surface area contributed by atoms with Crippen LogP contribution >= 0.6 is 23.2 Å². The summed E-state index contributed by atoms with van der Waals surface area (Å²) in [4.78, 5) is 43.2. The predicted octanol–water partition coefficient (Wildman–Crippen LogP) is 7.25. The summed E-state index contributed by atoms with van der Waals surface area (Å²) in [7, 11) is 1.50. The summed E-state index contributed by atoms with van der Waals surface area (Å²) in [6, 6.07) is 0.0911. The first kappa shape index (κ1) is 44.6. The zero-order valence-corrected chi connectivity index (χ0v) is 29.8. The molecule has 0 N–H and O–H groups in total. The average molecular weight is 879 g/mol. The lowest BCUT2D eigenvalue weighted by Crippen LogP contribution is -2.36. The molecule has 11 nitrogen and oxygen atoms in total. The Balaban J connectivity index is 1.48. The monoisotopic (exact) mass is 878 g/mol. The molecule has 0 radical (unpaired) electrons. The van der Waals surface area contributed by atoms with E-state index in [1.165, 1.54) is 0 Å². The molecule has 0 fully saturated rings. The van der Waals surface area contributed by atoms with Gasteiger partial charge >= 0.3 is 42.4 Å². The summed E-state index contributed by atoms with van der Waals surface area (Å²) in [5, 5.41) is -0.789. The van der Waals surface area contributed by atoms with Crippen LogP contribution in [0.25, 0.3) is 11.4 Å². The number of ether oxygens (including phenoxy) is 4. The van der Waals surface area contributed by atoms with Crippen molar-refractivity contribution in [3.05, 3.63) is 101 Å². The molecule has 58 heavy (non-hydrogen) atoms. The Morgan fingerprint density at radius 1 is 0.638 bits per heavy atom. The lowest BCUT2D eigenvalue weighted by molar-refractivity contribution is -0.291. The highest BCUT2D eigenvalue weighted by atomic mass is 35.5. The zero-order valence-electron chi connectivity index (χ0n) is 28.3. The smallest absolute Gasteiger partial charge is 0.468 e. The third-order valence-corrected chi connectivity index (χ3v) is 7.65. The molecular weight excluding hydrogens is 863 g/mol. The summed E-state index contributed by atoms with van der Waals surface area (Å²) in [5.41, 5.74) is -9.40. The summed E-state index contributed by atoms with van der Waals surface area (Å²) in [6.45, 7) is -1.49. The van der Waals surface area contributed by atoms with E-state index in [0.29, 0.717) is 12.1 Å². The van der Waals surface area contributed by atoms with Gasteiger partial charge in [-0.2, -0.15) is 53.9 Å². The number of carbonyl (C=O) groups is 1. The Hall–Kier alpha value is -6.07. The fraction of sp³-hybridized carbons (Fsp3) is 0.242. The zero-order chi connectivity index (χ0) is 43.5. The van der Waals surface area contributed by atoms with Gasteiger partial charge < -0.3 is 18.9 Å². The topological polar surface area (TPSA) is 124 Å². The van der Waals surface area contributed by atoms with Crippen molar-refractivity contribution in [1.82, 2.24) is 19.1 Å². The molecule has 0 unspecified atom stereocenters. The Bertz CT molecular complexity index is 2350. The van der Waals surface area contributed by atoms with Crippen LogP contribution in [0.3, 0.4) is 0 Å². The van der Waals surface area contributed by atoms with Gasteiger partial charge in [-0.1, -0.05) is 46.9 Å². The van der Waals surface area contributed by atoms with Gasteiger partial charge in [0.25, 0.3) is 11.1 Å². The van der Waals surface area contributed by atoms with E-state index in [0.717, 1.165) is 26.4 Å². The number of benzene rings is 2. The fourth-order valence-corrected chi connectivity index (χ4v) is 4.75. The maximum atomic E-state index is 14.9. The molecule has 2 aromatic carbocycles. The Labute approximate surface area is 324 Å². The number of rotatable bonds is 8. The van der Waals surface area contributed by atoms with Crippen molar-refractivity contribution < 1.29 is 76.4 Å². The average Bonchev–Trinajstić information content (AvgIpc) is 3.12. The third-order valence-electron chi connectivity index (χ3n) is 7.02. The second kappa shape index (κ2) is 16.8. The molecule has 2 aromatic heterocycles. The first-order valence-corrected chi connectivity index (χ1v) is 15.6. The van der Waals surface area contributed by atoms with Crippen molar-refractivity contribution in [3.63, 3.8) is 0 Å². The number of aromatic nitrogens is 4. The Morgan fingerprint density at radius 2 is 0.983 bits per heavy atom. The van der Waals surface area contributed by atoms with E-state index in [-0.39, 0.29) is 32.4 Å². The van der Waals surface area contributed by atoms with Crippen LogP contribution in [0, 0.1) is 35.3 Å². The normalized spacial score (nSPS) is 11.9. The largest absolute Gasteiger partial charge is 0.510 e. The fourth-order valence-electron chi connectivity index (χ4n) is 4.36. The second-order valence-corrected chi connectivity index (χ2v) is 11.6. The molecule has 4 rings (SSSR count). The SMILES string of the molecule is COc1nc(C(F)(F)C(F)(F)F)cc(=O)n1-c1cc(C#CCOC(=O)OCC#Cc2cc(-n3c(OC)nc(C(F)(F)C(F)(F)F)cc3=O)c(F)cc2Cl)c(Cl)cc1F. The van der Waals surface area contributed by atoms with Crippen molar-refractivity contribution in [1.29, 1.82) is 0 Å². The highest BCUT2D eigenvalue weighted by Gasteiger charge is 2.61. The lowest BCUT2D eigenvalue weighted by Gasteiger charge is -2.20. The number of alkyl halides is 10. The molecule has 0 aliphatic heterocycles. The number of methoxy groups -OCH3 is 2. The number of hydrogen-bond acceptors (Lipinski definition) is 9. The van der Waals surface area contributed by atoms with Gasteiger partial charge in [0.05, 0.1) is 35.6 Å². The predicted molar refractivity (Wildman–Crippen MR) is 174 cm³/mol. The van der Waals surface area contributed by atoms with Gasteiger partial charge in [-0.15, -0.1) is 0 Å². The van der Waals surface area contributed by atoms with E-state index in [2.05, 4.69) is 43.1 Å². The maximum Gasteiger partial charge on any atom is 0.510 e. The Morgan fingerprint density at radius 3 is 1.29 bits per heavy atom. The van der Waals surface area contributed by atoms with Crippen LogP contribution in [0.15, 0.2) is 46.0 Å². The number of hydrogen-bond donors (Lipinski definition) is 0. The third kappa shape index (κ3) is 9.21. The van der Waals surface area contributed by atoms with Crippen LogP contribution in [0.1, 0.15) is 22.5 Å². The van der Waals surface area contributed by atoms with Crippen LogP contribution in [0.4, 0.5) is 57.5 Å². The molecule has 25 heteroatoms. The first-order chi connectivity index (χ1) is 26.8. The van der Waals surface area contributed by atoms with Gasteiger partial charge in [0, 0.05) is 23.3 Å². The maximum absolute atomic E-state index is 14.9.